The molecule has 1 heterocycles. The van der Waals surface area contributed by atoms with Crippen molar-refractivity contribution >= 4 is 27.3 Å². The molecule has 3 heteroatoms. The Labute approximate surface area is 118 Å². The van der Waals surface area contributed by atoms with Gasteiger partial charge in [0.05, 0.1) is 0 Å². The molecule has 1 nitrogen and oxygen atoms in total. The Bertz CT molecular complexity index is 333. The zero-order valence-corrected chi connectivity index (χ0v) is 13.7. The van der Waals surface area contributed by atoms with Crippen LogP contribution in [0.25, 0.3) is 0 Å². The fourth-order valence-corrected chi connectivity index (χ4v) is 4.00. The quantitative estimate of drug-likeness (QED) is 0.757. The Morgan fingerprint density at radius 1 is 1.47 bits per heavy atom. The molecule has 0 aliphatic rings. The van der Waals surface area contributed by atoms with Gasteiger partial charge >= 0.3 is 0 Å². The zero-order valence-electron chi connectivity index (χ0n) is 11.3. The molecular weight excluding hydrogens is 294 g/mol. The lowest BCUT2D eigenvalue weighted by atomic mass is 9.82. The first kappa shape index (κ1) is 15.2. The monoisotopic (exact) mass is 317 g/mol. The second-order valence-corrected chi connectivity index (χ2v) is 7.45. The van der Waals surface area contributed by atoms with Gasteiger partial charge in [-0.05, 0) is 65.5 Å². The Morgan fingerprint density at radius 2 is 2.18 bits per heavy atom. The van der Waals surface area contributed by atoms with E-state index in [4.69, 9.17) is 0 Å². The van der Waals surface area contributed by atoms with Crippen LogP contribution in [0, 0.1) is 5.41 Å². The summed E-state index contributed by atoms with van der Waals surface area (Å²) in [5.41, 5.74) is 0.355. The van der Waals surface area contributed by atoms with E-state index in [2.05, 4.69) is 60.4 Å². The topological polar surface area (TPSA) is 12.0 Å². The van der Waals surface area contributed by atoms with Gasteiger partial charge in [-0.3, -0.25) is 0 Å². The summed E-state index contributed by atoms with van der Waals surface area (Å²) in [5.74, 6) is 0. The minimum Gasteiger partial charge on any atom is -0.314 e. The standard InChI is InChI=1S/C14H24BrNS/c1-5-7-16-11(2)9-14(3,4)10-13-12(15)6-8-17-13/h6,8,11,16H,5,7,9-10H2,1-4H3. The number of hydrogen-bond acceptors (Lipinski definition) is 2. The minimum atomic E-state index is 0.355. The van der Waals surface area contributed by atoms with Crippen LogP contribution >= 0.6 is 27.3 Å². The van der Waals surface area contributed by atoms with E-state index in [1.54, 1.807) is 0 Å². The number of thiophene rings is 1. The van der Waals surface area contributed by atoms with E-state index >= 15 is 0 Å². The lowest BCUT2D eigenvalue weighted by Crippen LogP contribution is -2.32. The summed E-state index contributed by atoms with van der Waals surface area (Å²) in [7, 11) is 0. The molecule has 0 fully saturated rings. The molecule has 98 valence electrons. The first-order valence-electron chi connectivity index (χ1n) is 6.40. The zero-order chi connectivity index (χ0) is 12.9. The summed E-state index contributed by atoms with van der Waals surface area (Å²) in [5, 5.41) is 5.74. The van der Waals surface area contributed by atoms with Crippen molar-refractivity contribution in [1.29, 1.82) is 0 Å². The lowest BCUT2D eigenvalue weighted by molar-refractivity contribution is 0.288. The van der Waals surface area contributed by atoms with E-state index in [1.807, 2.05) is 11.3 Å². The summed E-state index contributed by atoms with van der Waals surface area (Å²) in [6.45, 7) is 10.4. The Kier molecular flexibility index (Phi) is 6.18. The fraction of sp³-hybridized carbons (Fsp3) is 0.714. The van der Waals surface area contributed by atoms with E-state index in [-0.39, 0.29) is 0 Å². The highest BCUT2D eigenvalue weighted by atomic mass is 79.9. The van der Waals surface area contributed by atoms with Crippen molar-refractivity contribution in [3.63, 3.8) is 0 Å². The molecule has 0 radical (unpaired) electrons. The summed E-state index contributed by atoms with van der Waals surface area (Å²) in [4.78, 5) is 1.47. The maximum atomic E-state index is 3.62. The van der Waals surface area contributed by atoms with Crippen LogP contribution in [0.15, 0.2) is 15.9 Å². The molecule has 0 aliphatic carbocycles. The van der Waals surface area contributed by atoms with E-state index in [9.17, 15) is 0 Å². The third kappa shape index (κ3) is 5.54. The molecule has 1 unspecified atom stereocenters. The van der Waals surface area contributed by atoms with Crippen LogP contribution in [0.3, 0.4) is 0 Å². The van der Waals surface area contributed by atoms with Gasteiger partial charge in [-0.2, -0.15) is 0 Å². The van der Waals surface area contributed by atoms with Gasteiger partial charge in [0.2, 0.25) is 0 Å². The number of rotatable bonds is 7. The van der Waals surface area contributed by atoms with Crippen LogP contribution in [-0.4, -0.2) is 12.6 Å². The largest absolute Gasteiger partial charge is 0.314 e. The predicted molar refractivity (Wildman–Crippen MR) is 81.9 cm³/mol. The summed E-state index contributed by atoms with van der Waals surface area (Å²) >= 11 is 5.48. The normalized spacial score (nSPS) is 13.9. The number of nitrogens with one attached hydrogen (secondary N) is 1. The van der Waals surface area contributed by atoms with Crippen LogP contribution < -0.4 is 5.32 Å². The third-order valence-electron chi connectivity index (χ3n) is 2.93. The van der Waals surface area contributed by atoms with E-state index in [1.165, 1.54) is 22.2 Å². The highest BCUT2D eigenvalue weighted by Gasteiger charge is 2.22. The lowest BCUT2D eigenvalue weighted by Gasteiger charge is -2.28. The number of halogens is 1. The first-order chi connectivity index (χ1) is 7.94. The van der Waals surface area contributed by atoms with Crippen molar-refractivity contribution < 1.29 is 0 Å². The molecule has 0 aromatic carbocycles. The molecule has 0 saturated heterocycles. The summed E-state index contributed by atoms with van der Waals surface area (Å²) in [6.07, 6.45) is 3.59. The summed E-state index contributed by atoms with van der Waals surface area (Å²) in [6, 6.07) is 2.75. The van der Waals surface area contributed by atoms with Gasteiger partial charge in [-0.25, -0.2) is 0 Å². The molecule has 1 rings (SSSR count). The van der Waals surface area contributed by atoms with Gasteiger partial charge in [0.1, 0.15) is 0 Å². The molecule has 0 spiro atoms. The molecule has 0 aliphatic heterocycles. The fourth-order valence-electron chi connectivity index (χ4n) is 2.25. The van der Waals surface area contributed by atoms with Crippen LogP contribution in [0.1, 0.15) is 45.4 Å². The molecule has 1 aromatic heterocycles. The average Bonchev–Trinajstić information content (AvgIpc) is 2.60. The van der Waals surface area contributed by atoms with Gasteiger partial charge in [0, 0.05) is 15.4 Å². The van der Waals surface area contributed by atoms with Crippen molar-refractivity contribution in [1.82, 2.24) is 5.32 Å². The van der Waals surface area contributed by atoms with Crippen LogP contribution in [0.5, 0.6) is 0 Å². The second kappa shape index (κ2) is 6.91. The smallest absolute Gasteiger partial charge is 0.0314 e. The Morgan fingerprint density at radius 3 is 2.71 bits per heavy atom. The van der Waals surface area contributed by atoms with Gasteiger partial charge in [-0.15, -0.1) is 11.3 Å². The SMILES string of the molecule is CCCNC(C)CC(C)(C)Cc1sccc1Br. The van der Waals surface area contributed by atoms with Gasteiger partial charge in [0.15, 0.2) is 0 Å². The van der Waals surface area contributed by atoms with Crippen molar-refractivity contribution in [3.8, 4) is 0 Å². The van der Waals surface area contributed by atoms with E-state index < -0.39 is 0 Å². The van der Waals surface area contributed by atoms with Crippen LogP contribution in [0.2, 0.25) is 0 Å². The minimum absolute atomic E-state index is 0.355. The molecule has 0 saturated carbocycles. The Balaban J connectivity index is 2.48. The molecule has 0 amide bonds. The molecule has 17 heavy (non-hydrogen) atoms. The van der Waals surface area contributed by atoms with Gasteiger partial charge < -0.3 is 5.32 Å². The van der Waals surface area contributed by atoms with Crippen LogP contribution in [-0.2, 0) is 6.42 Å². The molecule has 1 N–H and O–H groups in total. The van der Waals surface area contributed by atoms with Crippen molar-refractivity contribution in [3.05, 3.63) is 20.8 Å². The average molecular weight is 318 g/mol. The van der Waals surface area contributed by atoms with Gasteiger partial charge in [-0.1, -0.05) is 20.8 Å². The maximum Gasteiger partial charge on any atom is 0.0314 e. The van der Waals surface area contributed by atoms with E-state index in [0.717, 1.165) is 13.0 Å². The number of hydrogen-bond donors (Lipinski definition) is 1. The first-order valence-corrected chi connectivity index (χ1v) is 8.07. The highest BCUT2D eigenvalue weighted by molar-refractivity contribution is 9.10. The molecule has 0 bridgehead atoms. The van der Waals surface area contributed by atoms with E-state index in [0.29, 0.717) is 11.5 Å². The molecule has 1 atom stereocenters. The molecule has 1 aromatic rings. The molecular formula is C14H24BrNS. The van der Waals surface area contributed by atoms with Crippen molar-refractivity contribution in [2.75, 3.05) is 6.54 Å². The van der Waals surface area contributed by atoms with Gasteiger partial charge in [0.25, 0.3) is 0 Å². The summed E-state index contributed by atoms with van der Waals surface area (Å²) < 4.78 is 1.27. The third-order valence-corrected chi connectivity index (χ3v) is 4.86. The maximum absolute atomic E-state index is 3.62. The van der Waals surface area contributed by atoms with Crippen LogP contribution in [0.4, 0.5) is 0 Å². The Hall–Kier alpha value is 0.140. The predicted octanol–water partition coefficient (Wildman–Crippen LogP) is 4.86. The second-order valence-electron chi connectivity index (χ2n) is 5.59. The highest BCUT2D eigenvalue weighted by Crippen LogP contribution is 2.33. The van der Waals surface area contributed by atoms with Crippen molar-refractivity contribution in [2.45, 2.75) is 53.0 Å². The van der Waals surface area contributed by atoms with Crippen molar-refractivity contribution in [2.24, 2.45) is 5.41 Å².